The van der Waals surface area contributed by atoms with Crippen molar-refractivity contribution < 1.29 is 14.5 Å². The lowest BCUT2D eigenvalue weighted by molar-refractivity contribution is -0.385. The minimum atomic E-state index is -0.497. The van der Waals surface area contributed by atoms with Gasteiger partial charge in [-0.3, -0.25) is 19.7 Å². The smallest absolute Gasteiger partial charge is 0.290 e. The Kier molecular flexibility index (Phi) is 8.00. The van der Waals surface area contributed by atoms with Gasteiger partial charge in [0.05, 0.1) is 11.3 Å². The molecular weight excluding hydrogens is 476 g/mol. The fourth-order valence-electron chi connectivity index (χ4n) is 4.41. The molecule has 0 saturated carbocycles. The predicted octanol–water partition coefficient (Wildman–Crippen LogP) is 5.22. The van der Waals surface area contributed by atoms with Gasteiger partial charge in [-0.15, -0.1) is 11.8 Å². The van der Waals surface area contributed by atoms with Gasteiger partial charge in [0.1, 0.15) is 11.9 Å². The molecule has 36 heavy (non-hydrogen) atoms. The highest BCUT2D eigenvalue weighted by Crippen LogP contribution is 2.30. The lowest BCUT2D eigenvalue weighted by Crippen LogP contribution is -2.38. The summed E-state index contributed by atoms with van der Waals surface area (Å²) < 4.78 is 0. The molecule has 3 aromatic rings. The number of aromatic nitrogens is 1. The molecular formula is C27H28N4O4S. The van der Waals surface area contributed by atoms with Gasteiger partial charge in [-0.2, -0.15) is 0 Å². The summed E-state index contributed by atoms with van der Waals surface area (Å²) >= 11 is 1.67. The number of thioether (sulfide) groups is 1. The molecule has 1 saturated heterocycles. The van der Waals surface area contributed by atoms with E-state index in [2.05, 4.69) is 10.3 Å². The number of nitrogens with one attached hydrogen (secondary N) is 1. The van der Waals surface area contributed by atoms with E-state index < -0.39 is 4.92 Å². The number of aryl methyl sites for hydroxylation is 1. The van der Waals surface area contributed by atoms with Gasteiger partial charge < -0.3 is 10.2 Å². The lowest BCUT2D eigenvalue weighted by atomic mass is 9.89. The second-order valence-electron chi connectivity index (χ2n) is 8.87. The van der Waals surface area contributed by atoms with Gasteiger partial charge in [0.2, 0.25) is 5.91 Å². The summed E-state index contributed by atoms with van der Waals surface area (Å²) in [5.41, 5.74) is 3.48. The van der Waals surface area contributed by atoms with Crippen LogP contribution in [-0.4, -0.2) is 46.0 Å². The first kappa shape index (κ1) is 25.4. The van der Waals surface area contributed by atoms with E-state index in [4.69, 9.17) is 0 Å². The van der Waals surface area contributed by atoms with Crippen molar-refractivity contribution in [2.45, 2.75) is 37.0 Å². The molecule has 1 aliphatic heterocycles. The summed E-state index contributed by atoms with van der Waals surface area (Å²) in [7, 11) is 0. The second kappa shape index (κ2) is 11.3. The predicted molar refractivity (Wildman–Crippen MR) is 141 cm³/mol. The third-order valence-corrected chi connectivity index (χ3v) is 7.21. The minimum absolute atomic E-state index is 0.0541. The Hall–Kier alpha value is -3.72. The molecule has 1 aromatic heterocycles. The maximum atomic E-state index is 12.8. The minimum Gasteiger partial charge on any atom is -0.337 e. The Labute approximate surface area is 214 Å². The molecule has 0 atom stereocenters. The molecule has 0 spiro atoms. The maximum Gasteiger partial charge on any atom is 0.290 e. The number of amides is 2. The Morgan fingerprint density at radius 3 is 2.36 bits per heavy atom. The number of piperidine rings is 1. The Balaban J connectivity index is 1.29. The number of pyridine rings is 1. The number of carbonyl (C=O) groups is 2. The lowest BCUT2D eigenvalue weighted by Gasteiger charge is -2.32. The van der Waals surface area contributed by atoms with Crippen LogP contribution in [0, 0.1) is 17.0 Å². The molecule has 9 heteroatoms. The number of carbonyl (C=O) groups excluding carboxylic acids is 2. The number of anilines is 1. The fourth-order valence-corrected chi connectivity index (χ4v) is 4.82. The first-order valence-corrected chi connectivity index (χ1v) is 13.0. The van der Waals surface area contributed by atoms with E-state index in [1.165, 1.54) is 16.5 Å². The van der Waals surface area contributed by atoms with Crippen molar-refractivity contribution in [2.24, 2.45) is 0 Å². The van der Waals surface area contributed by atoms with Gasteiger partial charge in [0.25, 0.3) is 11.6 Å². The van der Waals surface area contributed by atoms with Crippen LogP contribution < -0.4 is 5.32 Å². The number of hydrogen-bond acceptors (Lipinski definition) is 6. The van der Waals surface area contributed by atoms with Crippen LogP contribution in [0.2, 0.25) is 0 Å². The zero-order valence-electron chi connectivity index (χ0n) is 20.3. The van der Waals surface area contributed by atoms with E-state index in [1.807, 2.05) is 54.8 Å². The van der Waals surface area contributed by atoms with Crippen molar-refractivity contribution >= 4 is 35.0 Å². The molecule has 1 fully saturated rings. The van der Waals surface area contributed by atoms with E-state index in [9.17, 15) is 19.7 Å². The number of benzene rings is 2. The third kappa shape index (κ3) is 6.09. The number of rotatable bonds is 7. The van der Waals surface area contributed by atoms with Crippen molar-refractivity contribution in [3.63, 3.8) is 0 Å². The fraction of sp³-hybridized carbons (Fsp3) is 0.296. The normalized spacial score (nSPS) is 13.9. The molecule has 2 amide bonds. The van der Waals surface area contributed by atoms with E-state index in [1.54, 1.807) is 23.6 Å². The van der Waals surface area contributed by atoms with Crippen LogP contribution in [-0.2, 0) is 11.2 Å². The van der Waals surface area contributed by atoms with Gasteiger partial charge in [0, 0.05) is 29.2 Å². The van der Waals surface area contributed by atoms with Crippen LogP contribution in [0.3, 0.4) is 0 Å². The first-order chi connectivity index (χ1) is 17.3. The monoisotopic (exact) mass is 504 g/mol. The van der Waals surface area contributed by atoms with Crippen LogP contribution in [0.5, 0.6) is 0 Å². The summed E-state index contributed by atoms with van der Waals surface area (Å²) in [4.78, 5) is 42.7. The molecule has 0 aliphatic carbocycles. The molecule has 0 unspecified atom stereocenters. The number of likely N-dealkylation sites (tertiary alicyclic amines) is 1. The standard InChI is InChI=1S/C27H28N4O4S/c1-18-15-24(28-17-25(18)31(34)35)27(33)30-13-11-21(12-14-30)20-5-7-22(8-6-20)29-26(32)16-19-3-9-23(36-2)10-4-19/h3-10,15,17,21H,11-14,16H2,1-2H3,(H,29,32). The largest absolute Gasteiger partial charge is 0.337 e. The Morgan fingerprint density at radius 1 is 1.11 bits per heavy atom. The number of nitro groups is 1. The third-order valence-electron chi connectivity index (χ3n) is 6.47. The second-order valence-corrected chi connectivity index (χ2v) is 9.75. The summed E-state index contributed by atoms with van der Waals surface area (Å²) in [5, 5.41) is 14.0. The van der Waals surface area contributed by atoms with Crippen LogP contribution in [0.4, 0.5) is 11.4 Å². The van der Waals surface area contributed by atoms with Gasteiger partial charge >= 0.3 is 0 Å². The summed E-state index contributed by atoms with van der Waals surface area (Å²) in [6.07, 6.45) is 5.13. The molecule has 2 aromatic carbocycles. The molecule has 1 aliphatic rings. The van der Waals surface area contributed by atoms with Crippen LogP contribution >= 0.6 is 11.8 Å². The highest BCUT2D eigenvalue weighted by Gasteiger charge is 2.26. The average Bonchev–Trinajstić information content (AvgIpc) is 2.89. The number of nitrogens with zero attached hydrogens (tertiary/aromatic N) is 3. The van der Waals surface area contributed by atoms with Gasteiger partial charge in [-0.1, -0.05) is 24.3 Å². The van der Waals surface area contributed by atoms with Crippen molar-refractivity contribution in [3.05, 3.63) is 93.3 Å². The summed E-state index contributed by atoms with van der Waals surface area (Å²) in [6.45, 7) is 2.79. The van der Waals surface area contributed by atoms with E-state index in [0.29, 0.717) is 31.0 Å². The summed E-state index contributed by atoms with van der Waals surface area (Å²) in [6, 6.07) is 17.4. The quantitative estimate of drug-likeness (QED) is 0.269. The van der Waals surface area contributed by atoms with Crippen molar-refractivity contribution in [3.8, 4) is 0 Å². The molecule has 1 N–H and O–H groups in total. The average molecular weight is 505 g/mol. The van der Waals surface area contributed by atoms with Gasteiger partial charge in [0.15, 0.2) is 0 Å². The van der Waals surface area contributed by atoms with E-state index in [0.717, 1.165) is 30.3 Å². The zero-order valence-corrected chi connectivity index (χ0v) is 21.1. The first-order valence-electron chi connectivity index (χ1n) is 11.8. The van der Waals surface area contributed by atoms with E-state index >= 15 is 0 Å². The maximum absolute atomic E-state index is 12.8. The van der Waals surface area contributed by atoms with E-state index in [-0.39, 0.29) is 23.2 Å². The van der Waals surface area contributed by atoms with Gasteiger partial charge in [-0.25, -0.2) is 4.98 Å². The Morgan fingerprint density at radius 2 is 1.78 bits per heavy atom. The highest BCUT2D eigenvalue weighted by molar-refractivity contribution is 7.98. The Bertz CT molecular complexity index is 1250. The molecule has 186 valence electrons. The molecule has 2 heterocycles. The SMILES string of the molecule is CSc1ccc(CC(=O)Nc2ccc(C3CCN(C(=O)c4cc(C)c([N+](=O)[O-])cn4)CC3)cc2)cc1. The van der Waals surface area contributed by atoms with Crippen molar-refractivity contribution in [1.82, 2.24) is 9.88 Å². The van der Waals surface area contributed by atoms with Crippen LogP contribution in [0.25, 0.3) is 0 Å². The topological polar surface area (TPSA) is 105 Å². The van der Waals surface area contributed by atoms with Crippen molar-refractivity contribution in [2.75, 3.05) is 24.7 Å². The van der Waals surface area contributed by atoms with Gasteiger partial charge in [-0.05, 0) is 73.4 Å². The molecule has 8 nitrogen and oxygen atoms in total. The van der Waals surface area contributed by atoms with Crippen LogP contribution in [0.1, 0.15) is 45.9 Å². The van der Waals surface area contributed by atoms with Crippen molar-refractivity contribution in [1.29, 1.82) is 0 Å². The molecule has 0 bridgehead atoms. The number of hydrogen-bond donors (Lipinski definition) is 1. The zero-order chi connectivity index (χ0) is 25.7. The summed E-state index contributed by atoms with van der Waals surface area (Å²) in [5.74, 6) is 0.0643. The molecule has 0 radical (unpaired) electrons. The highest BCUT2D eigenvalue weighted by atomic mass is 32.2. The molecule has 4 rings (SSSR count). The van der Waals surface area contributed by atoms with Crippen LogP contribution in [0.15, 0.2) is 65.7 Å².